The highest BCUT2D eigenvalue weighted by Gasteiger charge is 2.36. The van der Waals surface area contributed by atoms with Crippen LogP contribution in [0, 0.1) is 11.8 Å². The first kappa shape index (κ1) is 11.5. The minimum absolute atomic E-state index is 0.377. The fourth-order valence-electron chi connectivity index (χ4n) is 2.86. The predicted molar refractivity (Wildman–Crippen MR) is 67.6 cm³/mol. The molecule has 0 amide bonds. The normalized spacial score (nSPS) is 26.2. The molecule has 2 fully saturated rings. The molecule has 2 saturated heterocycles. The lowest BCUT2D eigenvalue weighted by atomic mass is 10.0. The molecular weight excluding hydrogens is 230 g/mol. The number of fused-ring (bicyclic) bond motifs is 1. The zero-order valence-electron chi connectivity index (χ0n) is 10.4. The van der Waals surface area contributed by atoms with Gasteiger partial charge in [-0.3, -0.25) is 0 Å². The molecule has 3 heterocycles. The summed E-state index contributed by atoms with van der Waals surface area (Å²) in [6.45, 7) is 4.24. The number of hydrogen-bond donors (Lipinski definition) is 1. The Balaban J connectivity index is 1.79. The van der Waals surface area contributed by atoms with Crippen molar-refractivity contribution >= 4 is 11.8 Å². The van der Waals surface area contributed by atoms with Gasteiger partial charge in [0.25, 0.3) is 0 Å². The molecule has 0 aliphatic carbocycles. The molecule has 5 heteroatoms. The highest BCUT2D eigenvalue weighted by molar-refractivity contribution is 5.87. The minimum atomic E-state index is -0.377. The Kier molecular flexibility index (Phi) is 2.91. The topological polar surface area (TPSA) is 54.5 Å². The van der Waals surface area contributed by atoms with E-state index in [-0.39, 0.29) is 5.97 Å². The SMILES string of the molecule is COC(=O)c1cccc(N2CC3CNCC3C2)n1. The zero-order chi connectivity index (χ0) is 12.5. The summed E-state index contributed by atoms with van der Waals surface area (Å²) in [5.74, 6) is 1.94. The fourth-order valence-corrected chi connectivity index (χ4v) is 2.86. The van der Waals surface area contributed by atoms with Gasteiger partial charge in [0.15, 0.2) is 5.69 Å². The standard InChI is InChI=1S/C13H17N3O2/c1-18-13(17)11-3-2-4-12(15-11)16-7-9-5-14-6-10(9)8-16/h2-4,9-10,14H,5-8H2,1H3. The second-order valence-electron chi connectivity index (χ2n) is 4.96. The number of carbonyl (C=O) groups is 1. The summed E-state index contributed by atoms with van der Waals surface area (Å²) in [6.07, 6.45) is 0. The lowest BCUT2D eigenvalue weighted by Crippen LogP contribution is -2.26. The van der Waals surface area contributed by atoms with Crippen LogP contribution in [0.4, 0.5) is 5.82 Å². The van der Waals surface area contributed by atoms with Gasteiger partial charge < -0.3 is 15.0 Å². The predicted octanol–water partition coefficient (Wildman–Crippen LogP) is 0.524. The summed E-state index contributed by atoms with van der Waals surface area (Å²) in [7, 11) is 1.38. The number of nitrogens with zero attached hydrogens (tertiary/aromatic N) is 2. The van der Waals surface area contributed by atoms with Crippen LogP contribution in [0.1, 0.15) is 10.5 Å². The Morgan fingerprint density at radius 3 is 2.78 bits per heavy atom. The number of nitrogens with one attached hydrogen (secondary N) is 1. The molecule has 1 aromatic rings. The van der Waals surface area contributed by atoms with E-state index in [1.807, 2.05) is 12.1 Å². The number of methoxy groups -OCH3 is 1. The number of carbonyl (C=O) groups excluding carboxylic acids is 1. The average molecular weight is 247 g/mol. The van der Waals surface area contributed by atoms with Crippen LogP contribution in [0.25, 0.3) is 0 Å². The summed E-state index contributed by atoms with van der Waals surface area (Å²) in [4.78, 5) is 18.1. The first-order valence-electron chi connectivity index (χ1n) is 6.29. The van der Waals surface area contributed by atoms with Gasteiger partial charge in [0, 0.05) is 26.2 Å². The van der Waals surface area contributed by atoms with Gasteiger partial charge in [-0.2, -0.15) is 0 Å². The molecule has 1 aromatic heterocycles. The number of aromatic nitrogens is 1. The lowest BCUT2D eigenvalue weighted by molar-refractivity contribution is 0.0594. The number of esters is 1. The highest BCUT2D eigenvalue weighted by Crippen LogP contribution is 2.29. The Bertz CT molecular complexity index is 451. The number of pyridine rings is 1. The summed E-state index contributed by atoms with van der Waals surface area (Å²) in [6, 6.07) is 5.51. The molecule has 5 nitrogen and oxygen atoms in total. The van der Waals surface area contributed by atoms with Crippen LogP contribution in [0.5, 0.6) is 0 Å². The van der Waals surface area contributed by atoms with Gasteiger partial charge >= 0.3 is 5.97 Å². The van der Waals surface area contributed by atoms with Crippen molar-refractivity contribution in [1.82, 2.24) is 10.3 Å². The van der Waals surface area contributed by atoms with E-state index < -0.39 is 0 Å². The van der Waals surface area contributed by atoms with Gasteiger partial charge in [0.05, 0.1) is 7.11 Å². The van der Waals surface area contributed by atoms with Crippen LogP contribution >= 0.6 is 0 Å². The van der Waals surface area contributed by atoms with Crippen LogP contribution in [-0.4, -0.2) is 44.2 Å². The summed E-state index contributed by atoms with van der Waals surface area (Å²) >= 11 is 0. The Labute approximate surface area is 106 Å². The Morgan fingerprint density at radius 2 is 2.11 bits per heavy atom. The van der Waals surface area contributed by atoms with E-state index in [0.717, 1.165) is 32.0 Å². The summed E-state index contributed by atoms with van der Waals surface area (Å²) in [5, 5.41) is 3.41. The molecule has 2 aliphatic heterocycles. The minimum Gasteiger partial charge on any atom is -0.464 e. The molecule has 0 aromatic carbocycles. The largest absolute Gasteiger partial charge is 0.464 e. The molecule has 2 atom stereocenters. The van der Waals surface area contributed by atoms with Crippen molar-refractivity contribution in [2.75, 3.05) is 38.2 Å². The van der Waals surface area contributed by atoms with Crippen LogP contribution < -0.4 is 10.2 Å². The van der Waals surface area contributed by atoms with Gasteiger partial charge in [-0.05, 0) is 24.0 Å². The quantitative estimate of drug-likeness (QED) is 0.772. The van der Waals surface area contributed by atoms with E-state index in [2.05, 4.69) is 15.2 Å². The van der Waals surface area contributed by atoms with E-state index in [1.54, 1.807) is 6.07 Å². The third-order valence-electron chi connectivity index (χ3n) is 3.84. The lowest BCUT2D eigenvalue weighted by Gasteiger charge is -2.18. The highest BCUT2D eigenvalue weighted by atomic mass is 16.5. The molecule has 0 radical (unpaired) electrons. The molecule has 0 bridgehead atoms. The monoisotopic (exact) mass is 247 g/mol. The molecule has 1 N–H and O–H groups in total. The molecule has 0 spiro atoms. The maximum atomic E-state index is 11.5. The molecule has 3 rings (SSSR count). The van der Waals surface area contributed by atoms with Crippen molar-refractivity contribution < 1.29 is 9.53 Å². The van der Waals surface area contributed by atoms with Crippen molar-refractivity contribution in [1.29, 1.82) is 0 Å². The van der Waals surface area contributed by atoms with Crippen LogP contribution in [0.15, 0.2) is 18.2 Å². The van der Waals surface area contributed by atoms with E-state index in [4.69, 9.17) is 4.74 Å². The first-order chi connectivity index (χ1) is 8.78. The summed E-state index contributed by atoms with van der Waals surface area (Å²) < 4.78 is 4.70. The second-order valence-corrected chi connectivity index (χ2v) is 4.96. The van der Waals surface area contributed by atoms with Gasteiger partial charge in [0.2, 0.25) is 0 Å². The van der Waals surface area contributed by atoms with Crippen LogP contribution in [0.3, 0.4) is 0 Å². The van der Waals surface area contributed by atoms with Gasteiger partial charge in [-0.1, -0.05) is 6.07 Å². The number of hydrogen-bond acceptors (Lipinski definition) is 5. The van der Waals surface area contributed by atoms with Crippen molar-refractivity contribution in [3.05, 3.63) is 23.9 Å². The average Bonchev–Trinajstić information content (AvgIpc) is 2.98. The molecule has 96 valence electrons. The van der Waals surface area contributed by atoms with Crippen LogP contribution in [0.2, 0.25) is 0 Å². The smallest absolute Gasteiger partial charge is 0.356 e. The molecule has 0 saturated carbocycles. The Hall–Kier alpha value is -1.62. The van der Waals surface area contributed by atoms with Gasteiger partial charge in [0.1, 0.15) is 5.82 Å². The third kappa shape index (κ3) is 1.95. The third-order valence-corrected chi connectivity index (χ3v) is 3.84. The maximum Gasteiger partial charge on any atom is 0.356 e. The first-order valence-corrected chi connectivity index (χ1v) is 6.29. The fraction of sp³-hybridized carbons (Fsp3) is 0.538. The maximum absolute atomic E-state index is 11.5. The van der Waals surface area contributed by atoms with Gasteiger partial charge in [-0.25, -0.2) is 9.78 Å². The summed E-state index contributed by atoms with van der Waals surface area (Å²) in [5.41, 5.74) is 0.380. The van der Waals surface area contributed by atoms with Crippen molar-refractivity contribution in [3.63, 3.8) is 0 Å². The molecule has 2 unspecified atom stereocenters. The van der Waals surface area contributed by atoms with E-state index in [0.29, 0.717) is 17.5 Å². The van der Waals surface area contributed by atoms with E-state index >= 15 is 0 Å². The molecule has 2 aliphatic rings. The van der Waals surface area contributed by atoms with Crippen molar-refractivity contribution in [2.24, 2.45) is 11.8 Å². The number of rotatable bonds is 2. The zero-order valence-corrected chi connectivity index (χ0v) is 10.4. The van der Waals surface area contributed by atoms with Crippen molar-refractivity contribution in [2.45, 2.75) is 0 Å². The molecular formula is C13H17N3O2. The van der Waals surface area contributed by atoms with Crippen LogP contribution in [-0.2, 0) is 4.74 Å². The van der Waals surface area contributed by atoms with Gasteiger partial charge in [-0.15, -0.1) is 0 Å². The van der Waals surface area contributed by atoms with Crippen molar-refractivity contribution in [3.8, 4) is 0 Å². The molecule has 18 heavy (non-hydrogen) atoms. The van der Waals surface area contributed by atoms with E-state index in [1.165, 1.54) is 7.11 Å². The number of anilines is 1. The number of ether oxygens (including phenoxy) is 1. The Morgan fingerprint density at radius 1 is 1.39 bits per heavy atom. The second kappa shape index (κ2) is 4.57. The van der Waals surface area contributed by atoms with E-state index in [9.17, 15) is 4.79 Å².